The zero-order valence-corrected chi connectivity index (χ0v) is 19.8. The third-order valence-electron chi connectivity index (χ3n) is 6.56. The van der Waals surface area contributed by atoms with Gasteiger partial charge in [-0.05, 0) is 68.2 Å². The number of carbonyl (C=O) groups is 1. The van der Waals surface area contributed by atoms with Crippen molar-refractivity contribution < 1.29 is 4.79 Å². The van der Waals surface area contributed by atoms with Crippen molar-refractivity contribution >= 4 is 23.0 Å². The fraction of sp³-hybridized carbons (Fsp3) is 0.370. The van der Waals surface area contributed by atoms with Crippen LogP contribution in [0.3, 0.4) is 0 Å². The summed E-state index contributed by atoms with van der Waals surface area (Å²) in [5.41, 5.74) is 7.82. The van der Waals surface area contributed by atoms with E-state index in [4.69, 9.17) is 4.98 Å². The number of allylic oxidation sites excluding steroid dienone is 4. The second-order valence-electron chi connectivity index (χ2n) is 9.10. The van der Waals surface area contributed by atoms with Gasteiger partial charge in [0, 0.05) is 31.3 Å². The zero-order chi connectivity index (χ0) is 22.2. The van der Waals surface area contributed by atoms with Crippen LogP contribution >= 0.6 is 11.3 Å². The number of thiazole rings is 1. The standard InChI is InChI=1S/C27H29N3OS/c1-17-8-11-21(14-18(17)2)26-25(29-19(3)32-26)27(31)30(16-20-9-10-20)13-12-22-15-28-24-7-5-4-6-23(22)24/h4-6,8,11,14-15,20H,7,9-10,12-13,16H2,1-3H3. The van der Waals surface area contributed by atoms with E-state index in [-0.39, 0.29) is 5.91 Å². The van der Waals surface area contributed by atoms with Crippen LogP contribution in [0.2, 0.25) is 0 Å². The summed E-state index contributed by atoms with van der Waals surface area (Å²) in [7, 11) is 0. The molecule has 5 heteroatoms. The Hall–Kier alpha value is -2.79. The molecule has 0 unspecified atom stereocenters. The molecule has 2 aromatic rings. The normalized spacial score (nSPS) is 17.0. The summed E-state index contributed by atoms with van der Waals surface area (Å²) >= 11 is 1.62. The minimum atomic E-state index is 0.0618. The lowest BCUT2D eigenvalue weighted by molar-refractivity contribution is 0.0745. The molecule has 0 atom stereocenters. The second kappa shape index (κ2) is 8.62. The van der Waals surface area contributed by atoms with Crippen molar-refractivity contribution in [2.24, 2.45) is 10.9 Å². The van der Waals surface area contributed by atoms with Crippen LogP contribution in [-0.4, -0.2) is 34.6 Å². The largest absolute Gasteiger partial charge is 0.337 e. The molecule has 4 nitrogen and oxygen atoms in total. The maximum atomic E-state index is 13.8. The molecule has 1 saturated carbocycles. The summed E-state index contributed by atoms with van der Waals surface area (Å²) < 4.78 is 0. The summed E-state index contributed by atoms with van der Waals surface area (Å²) in [4.78, 5) is 26.1. The molecule has 1 aromatic carbocycles. The first kappa shape index (κ1) is 21.1. The lowest BCUT2D eigenvalue weighted by atomic mass is 9.96. The van der Waals surface area contributed by atoms with Crippen molar-refractivity contribution in [2.45, 2.75) is 46.5 Å². The minimum absolute atomic E-state index is 0.0618. The van der Waals surface area contributed by atoms with Crippen LogP contribution in [0.4, 0.5) is 0 Å². The molecule has 1 aromatic heterocycles. The Morgan fingerprint density at radius 2 is 2.03 bits per heavy atom. The quantitative estimate of drug-likeness (QED) is 0.511. The fourth-order valence-electron chi connectivity index (χ4n) is 4.33. The van der Waals surface area contributed by atoms with Gasteiger partial charge in [-0.1, -0.05) is 36.4 Å². The molecule has 3 aliphatic rings. The Bertz CT molecular complexity index is 1190. The van der Waals surface area contributed by atoms with Gasteiger partial charge in [0.05, 0.1) is 15.6 Å². The highest BCUT2D eigenvalue weighted by Crippen LogP contribution is 2.35. The van der Waals surface area contributed by atoms with E-state index in [1.807, 2.05) is 18.0 Å². The van der Waals surface area contributed by atoms with E-state index >= 15 is 0 Å². The highest BCUT2D eigenvalue weighted by atomic mass is 32.1. The zero-order valence-electron chi connectivity index (χ0n) is 19.0. The van der Waals surface area contributed by atoms with Crippen LogP contribution < -0.4 is 0 Å². The van der Waals surface area contributed by atoms with Crippen molar-refractivity contribution in [1.29, 1.82) is 0 Å². The molecule has 0 spiro atoms. The number of rotatable bonds is 7. The number of aryl methyl sites for hydroxylation is 3. The molecular formula is C27H29N3OS. The molecule has 0 bridgehead atoms. The number of amides is 1. The first-order valence-corrected chi connectivity index (χ1v) is 12.3. The Morgan fingerprint density at radius 3 is 2.81 bits per heavy atom. The van der Waals surface area contributed by atoms with Gasteiger partial charge >= 0.3 is 0 Å². The third-order valence-corrected chi connectivity index (χ3v) is 7.58. The number of hydrogen-bond acceptors (Lipinski definition) is 4. The molecule has 32 heavy (non-hydrogen) atoms. The number of fused-ring (bicyclic) bond motifs is 1. The van der Waals surface area contributed by atoms with Crippen molar-refractivity contribution in [1.82, 2.24) is 9.88 Å². The van der Waals surface area contributed by atoms with Crippen molar-refractivity contribution in [3.63, 3.8) is 0 Å². The SMILES string of the molecule is Cc1nc(C(=O)N(CCC2=CN=C3CC=CC=C23)CC2CC2)c(-c2ccc(C)c(C)c2)s1. The molecule has 1 amide bonds. The highest BCUT2D eigenvalue weighted by molar-refractivity contribution is 7.15. The van der Waals surface area contributed by atoms with Gasteiger partial charge in [0.25, 0.3) is 5.91 Å². The molecule has 1 aliphatic heterocycles. The minimum Gasteiger partial charge on any atom is -0.337 e. The van der Waals surface area contributed by atoms with E-state index in [0.717, 1.165) is 40.5 Å². The number of nitrogens with zero attached hydrogens (tertiary/aromatic N) is 3. The maximum absolute atomic E-state index is 13.8. The first-order valence-electron chi connectivity index (χ1n) is 11.5. The molecular weight excluding hydrogens is 414 g/mol. The molecule has 1 fully saturated rings. The van der Waals surface area contributed by atoms with E-state index in [2.05, 4.69) is 55.3 Å². The Morgan fingerprint density at radius 1 is 1.19 bits per heavy atom. The van der Waals surface area contributed by atoms with Gasteiger partial charge in [-0.25, -0.2) is 4.98 Å². The van der Waals surface area contributed by atoms with Crippen molar-refractivity contribution in [3.05, 3.63) is 75.6 Å². The van der Waals surface area contributed by atoms with E-state index in [1.165, 1.54) is 35.1 Å². The smallest absolute Gasteiger partial charge is 0.274 e. The summed E-state index contributed by atoms with van der Waals surface area (Å²) in [5.74, 6) is 0.691. The van der Waals surface area contributed by atoms with Crippen LogP contribution in [0, 0.1) is 26.7 Å². The summed E-state index contributed by atoms with van der Waals surface area (Å²) in [6.45, 7) is 7.75. The second-order valence-corrected chi connectivity index (χ2v) is 10.3. The number of aromatic nitrogens is 1. The van der Waals surface area contributed by atoms with Gasteiger partial charge in [-0.15, -0.1) is 11.3 Å². The van der Waals surface area contributed by atoms with Crippen LogP contribution in [0.15, 0.2) is 58.8 Å². The van der Waals surface area contributed by atoms with Crippen LogP contribution in [0.1, 0.15) is 52.3 Å². The summed E-state index contributed by atoms with van der Waals surface area (Å²) in [6, 6.07) is 6.42. The topological polar surface area (TPSA) is 45.6 Å². The Kier molecular flexibility index (Phi) is 5.68. The van der Waals surface area contributed by atoms with Gasteiger partial charge in [0.15, 0.2) is 0 Å². The molecule has 0 saturated heterocycles. The summed E-state index contributed by atoms with van der Waals surface area (Å²) in [5, 5.41) is 0.934. The van der Waals surface area contributed by atoms with Gasteiger partial charge in [-0.2, -0.15) is 0 Å². The predicted octanol–water partition coefficient (Wildman–Crippen LogP) is 6.20. The van der Waals surface area contributed by atoms with Gasteiger partial charge in [0.1, 0.15) is 5.69 Å². The van der Waals surface area contributed by atoms with Crippen molar-refractivity contribution in [3.8, 4) is 10.4 Å². The lowest BCUT2D eigenvalue weighted by Crippen LogP contribution is -2.34. The van der Waals surface area contributed by atoms with Crippen LogP contribution in [0.5, 0.6) is 0 Å². The molecule has 2 heterocycles. The number of aliphatic imine (C=N–C) groups is 1. The third kappa shape index (κ3) is 4.26. The van der Waals surface area contributed by atoms with Gasteiger partial charge < -0.3 is 4.90 Å². The lowest BCUT2D eigenvalue weighted by Gasteiger charge is -2.23. The van der Waals surface area contributed by atoms with Gasteiger partial charge in [-0.3, -0.25) is 9.79 Å². The van der Waals surface area contributed by atoms with E-state index < -0.39 is 0 Å². The number of benzene rings is 1. The average molecular weight is 444 g/mol. The Labute approximate surface area is 194 Å². The average Bonchev–Trinajstić information content (AvgIpc) is 3.38. The van der Waals surface area contributed by atoms with E-state index in [1.54, 1.807) is 11.3 Å². The summed E-state index contributed by atoms with van der Waals surface area (Å²) in [6.07, 6.45) is 12.5. The Balaban J connectivity index is 1.38. The van der Waals surface area contributed by atoms with Crippen LogP contribution in [-0.2, 0) is 0 Å². The monoisotopic (exact) mass is 443 g/mol. The first-order chi connectivity index (χ1) is 15.5. The molecule has 164 valence electrons. The van der Waals surface area contributed by atoms with E-state index in [9.17, 15) is 4.79 Å². The fourth-order valence-corrected chi connectivity index (χ4v) is 5.24. The maximum Gasteiger partial charge on any atom is 0.274 e. The van der Waals surface area contributed by atoms with E-state index in [0.29, 0.717) is 18.2 Å². The molecule has 2 aliphatic carbocycles. The molecule has 0 N–H and O–H groups in total. The molecule has 0 radical (unpaired) electrons. The predicted molar refractivity (Wildman–Crippen MR) is 132 cm³/mol. The number of carbonyl (C=O) groups excluding carboxylic acids is 1. The van der Waals surface area contributed by atoms with Crippen molar-refractivity contribution in [2.75, 3.05) is 13.1 Å². The van der Waals surface area contributed by atoms with Gasteiger partial charge in [0.2, 0.25) is 0 Å². The number of hydrogen-bond donors (Lipinski definition) is 0. The molecule has 5 rings (SSSR count). The highest BCUT2D eigenvalue weighted by Gasteiger charge is 2.30. The van der Waals surface area contributed by atoms with Crippen LogP contribution in [0.25, 0.3) is 10.4 Å².